The van der Waals surface area contributed by atoms with Crippen molar-refractivity contribution in [3.63, 3.8) is 0 Å². The Kier molecular flexibility index (Phi) is 2.05. The Labute approximate surface area is 93.9 Å². The SMILES string of the molecule is OC1(c2cccc([Si])c2)CC2CCC1C2. The zero-order valence-corrected chi connectivity index (χ0v) is 9.74. The van der Waals surface area contributed by atoms with E-state index in [2.05, 4.69) is 22.4 Å². The van der Waals surface area contributed by atoms with Crippen molar-refractivity contribution in [3.8, 4) is 0 Å². The monoisotopic (exact) mass is 215 g/mol. The molecule has 2 aliphatic carbocycles. The molecule has 0 amide bonds. The highest BCUT2D eigenvalue weighted by Gasteiger charge is 2.50. The van der Waals surface area contributed by atoms with Crippen LogP contribution in [0.4, 0.5) is 0 Å². The van der Waals surface area contributed by atoms with Gasteiger partial charge in [0.25, 0.3) is 0 Å². The van der Waals surface area contributed by atoms with Gasteiger partial charge in [-0.3, -0.25) is 0 Å². The van der Waals surface area contributed by atoms with E-state index in [-0.39, 0.29) is 0 Å². The van der Waals surface area contributed by atoms with Crippen LogP contribution in [-0.2, 0) is 5.60 Å². The normalized spacial score (nSPS) is 38.5. The van der Waals surface area contributed by atoms with Gasteiger partial charge in [0.2, 0.25) is 0 Å². The van der Waals surface area contributed by atoms with Crippen LogP contribution in [0.1, 0.15) is 31.2 Å². The molecule has 0 aromatic heterocycles. The maximum Gasteiger partial charge on any atom is 0.0927 e. The smallest absolute Gasteiger partial charge is 0.0927 e. The van der Waals surface area contributed by atoms with Crippen LogP contribution < -0.4 is 5.19 Å². The molecule has 0 saturated heterocycles. The fourth-order valence-electron chi connectivity index (χ4n) is 3.44. The van der Waals surface area contributed by atoms with Gasteiger partial charge >= 0.3 is 0 Å². The Morgan fingerprint density at radius 1 is 1.33 bits per heavy atom. The van der Waals surface area contributed by atoms with Crippen LogP contribution in [0.25, 0.3) is 0 Å². The zero-order chi connectivity index (χ0) is 10.5. The van der Waals surface area contributed by atoms with Gasteiger partial charge < -0.3 is 5.11 Å². The number of aliphatic hydroxyl groups is 1. The van der Waals surface area contributed by atoms with Crippen molar-refractivity contribution >= 4 is 15.4 Å². The summed E-state index contributed by atoms with van der Waals surface area (Å²) < 4.78 is 0. The summed E-state index contributed by atoms with van der Waals surface area (Å²) in [4.78, 5) is 0. The van der Waals surface area contributed by atoms with Gasteiger partial charge in [0.1, 0.15) is 0 Å². The largest absolute Gasteiger partial charge is 0.385 e. The van der Waals surface area contributed by atoms with Crippen LogP contribution in [-0.4, -0.2) is 15.3 Å². The second kappa shape index (κ2) is 3.19. The molecule has 1 nitrogen and oxygen atoms in total. The molecular weight excluding hydrogens is 200 g/mol. The molecule has 3 rings (SSSR count). The molecule has 15 heavy (non-hydrogen) atoms. The quantitative estimate of drug-likeness (QED) is 0.704. The minimum Gasteiger partial charge on any atom is -0.385 e. The lowest BCUT2D eigenvalue weighted by atomic mass is 9.79. The Morgan fingerprint density at radius 2 is 2.20 bits per heavy atom. The van der Waals surface area contributed by atoms with Crippen molar-refractivity contribution in [1.29, 1.82) is 0 Å². The fourth-order valence-corrected chi connectivity index (χ4v) is 3.69. The third kappa shape index (κ3) is 1.39. The fraction of sp³-hybridized carbons (Fsp3) is 0.538. The molecule has 2 fully saturated rings. The Hall–Kier alpha value is -0.603. The molecule has 3 atom stereocenters. The lowest BCUT2D eigenvalue weighted by Crippen LogP contribution is -2.32. The Bertz CT molecular complexity index is 390. The minimum atomic E-state index is -0.536. The van der Waals surface area contributed by atoms with E-state index in [0.717, 1.165) is 23.1 Å². The van der Waals surface area contributed by atoms with Crippen LogP contribution in [0, 0.1) is 11.8 Å². The summed E-state index contributed by atoms with van der Waals surface area (Å²) in [6.45, 7) is 0. The maximum absolute atomic E-state index is 10.8. The summed E-state index contributed by atoms with van der Waals surface area (Å²) in [6, 6.07) is 8.15. The molecule has 3 unspecified atom stereocenters. The summed E-state index contributed by atoms with van der Waals surface area (Å²) in [5.74, 6) is 1.26. The van der Waals surface area contributed by atoms with E-state index < -0.39 is 5.60 Å². The van der Waals surface area contributed by atoms with E-state index in [1.54, 1.807) is 0 Å². The van der Waals surface area contributed by atoms with Crippen LogP contribution in [0.5, 0.6) is 0 Å². The van der Waals surface area contributed by atoms with Gasteiger partial charge in [0, 0.05) is 0 Å². The van der Waals surface area contributed by atoms with Gasteiger partial charge in [-0.25, -0.2) is 0 Å². The average Bonchev–Trinajstić information content (AvgIpc) is 2.78. The molecule has 1 aromatic carbocycles. The molecule has 1 aromatic rings. The number of fused-ring (bicyclic) bond motifs is 2. The molecule has 2 saturated carbocycles. The van der Waals surface area contributed by atoms with Gasteiger partial charge in [-0.1, -0.05) is 29.5 Å². The van der Waals surface area contributed by atoms with Gasteiger partial charge in [-0.15, -0.1) is 0 Å². The van der Waals surface area contributed by atoms with Crippen molar-refractivity contribution in [2.24, 2.45) is 11.8 Å². The molecule has 2 aliphatic rings. The maximum atomic E-state index is 10.8. The lowest BCUT2D eigenvalue weighted by molar-refractivity contribution is -0.0181. The topological polar surface area (TPSA) is 20.2 Å². The second-order valence-corrected chi connectivity index (χ2v) is 5.66. The standard InChI is InChI=1S/C13H15OSi/c14-13(8-9-4-5-11(13)6-9)10-2-1-3-12(15)7-10/h1-3,7,9,11,14H,4-6,8H2. The second-order valence-electron chi connectivity index (χ2n) is 5.09. The minimum absolute atomic E-state index is 0.496. The van der Waals surface area contributed by atoms with Crippen molar-refractivity contribution in [3.05, 3.63) is 29.8 Å². The van der Waals surface area contributed by atoms with Crippen LogP contribution in [0.2, 0.25) is 0 Å². The van der Waals surface area contributed by atoms with E-state index in [4.69, 9.17) is 0 Å². The zero-order valence-electron chi connectivity index (χ0n) is 8.74. The van der Waals surface area contributed by atoms with E-state index in [1.165, 1.54) is 19.3 Å². The van der Waals surface area contributed by atoms with Crippen molar-refractivity contribution in [2.75, 3.05) is 0 Å². The van der Waals surface area contributed by atoms with Crippen LogP contribution >= 0.6 is 0 Å². The van der Waals surface area contributed by atoms with E-state index in [9.17, 15) is 5.11 Å². The third-order valence-corrected chi connectivity index (χ3v) is 4.49. The van der Waals surface area contributed by atoms with Crippen molar-refractivity contribution in [2.45, 2.75) is 31.3 Å². The molecule has 0 heterocycles. The highest BCUT2D eigenvalue weighted by Crippen LogP contribution is 2.55. The van der Waals surface area contributed by atoms with Gasteiger partial charge in [0.15, 0.2) is 0 Å². The Balaban J connectivity index is 2.00. The molecule has 2 bridgehead atoms. The first-order valence-corrected chi connectivity index (χ1v) is 6.23. The Morgan fingerprint density at radius 3 is 2.80 bits per heavy atom. The van der Waals surface area contributed by atoms with Gasteiger partial charge in [0.05, 0.1) is 15.8 Å². The summed E-state index contributed by atoms with van der Waals surface area (Å²) >= 11 is 0. The lowest BCUT2D eigenvalue weighted by Gasteiger charge is -2.33. The van der Waals surface area contributed by atoms with Crippen molar-refractivity contribution in [1.82, 2.24) is 0 Å². The van der Waals surface area contributed by atoms with E-state index in [0.29, 0.717) is 5.92 Å². The summed E-state index contributed by atoms with van der Waals surface area (Å²) in [5.41, 5.74) is 0.563. The van der Waals surface area contributed by atoms with Crippen LogP contribution in [0.15, 0.2) is 24.3 Å². The number of benzene rings is 1. The van der Waals surface area contributed by atoms with Gasteiger partial charge in [-0.2, -0.15) is 0 Å². The predicted molar refractivity (Wildman–Crippen MR) is 61.2 cm³/mol. The van der Waals surface area contributed by atoms with E-state index in [1.807, 2.05) is 12.1 Å². The molecular formula is C13H15OSi. The summed E-state index contributed by atoms with van der Waals surface area (Å²) in [5, 5.41) is 11.8. The van der Waals surface area contributed by atoms with Gasteiger partial charge in [-0.05, 0) is 43.1 Å². The highest BCUT2D eigenvalue weighted by molar-refractivity contribution is 6.32. The third-order valence-electron chi connectivity index (χ3n) is 4.18. The molecule has 3 radical (unpaired) electrons. The number of rotatable bonds is 1. The molecule has 0 spiro atoms. The van der Waals surface area contributed by atoms with Crippen LogP contribution in [0.3, 0.4) is 0 Å². The first-order chi connectivity index (χ1) is 7.18. The van der Waals surface area contributed by atoms with E-state index >= 15 is 0 Å². The predicted octanol–water partition coefficient (Wildman–Crippen LogP) is 1.49. The molecule has 2 heteroatoms. The first-order valence-electron chi connectivity index (χ1n) is 5.73. The average molecular weight is 215 g/mol. The first kappa shape index (κ1) is 9.61. The molecule has 1 N–H and O–H groups in total. The number of hydrogen-bond acceptors (Lipinski definition) is 1. The summed E-state index contributed by atoms with van der Waals surface area (Å²) in [6.07, 6.45) is 4.71. The molecule has 0 aliphatic heterocycles. The van der Waals surface area contributed by atoms with Crippen molar-refractivity contribution < 1.29 is 5.11 Å². The highest BCUT2D eigenvalue weighted by atomic mass is 28.1. The molecule has 77 valence electrons. The number of hydrogen-bond donors (Lipinski definition) is 1. The summed E-state index contributed by atoms with van der Waals surface area (Å²) in [7, 11) is 3.53.